The van der Waals surface area contributed by atoms with Gasteiger partial charge in [0.1, 0.15) is 0 Å². The number of nitro benzene ring substituents is 1. The van der Waals surface area contributed by atoms with Crippen LogP contribution in [0.4, 0.5) is 5.69 Å². The van der Waals surface area contributed by atoms with Crippen LogP contribution >= 0.6 is 56.5 Å². The lowest BCUT2D eigenvalue weighted by Gasteiger charge is -2.13. The van der Waals surface area contributed by atoms with Crippen LogP contribution in [0.25, 0.3) is 0 Å². The summed E-state index contributed by atoms with van der Waals surface area (Å²) in [6, 6.07) is 3.93. The minimum absolute atomic E-state index is 0.147. The van der Waals surface area contributed by atoms with E-state index in [1.165, 1.54) is 18.2 Å². The number of benzene rings is 1. The maximum Gasteiger partial charge on any atom is 0.269 e. The molecule has 0 fully saturated rings. The number of alkyl halides is 3. The molecule has 0 heterocycles. The molecule has 1 aromatic carbocycles. The summed E-state index contributed by atoms with van der Waals surface area (Å²) in [6.45, 7) is 0. The Labute approximate surface area is 109 Å². The first-order valence-electron chi connectivity index (χ1n) is 3.50. The van der Waals surface area contributed by atoms with Crippen molar-refractivity contribution in [1.82, 2.24) is 0 Å². The summed E-state index contributed by atoms with van der Waals surface area (Å²) in [5.74, 6) is 0. The highest BCUT2D eigenvalue weighted by Gasteiger charge is 2.28. The average molecular weight is 307 g/mol. The fourth-order valence-corrected chi connectivity index (χ4v) is 2.38. The van der Waals surface area contributed by atoms with E-state index in [2.05, 4.69) is 0 Å². The van der Waals surface area contributed by atoms with Crippen LogP contribution in [0.3, 0.4) is 0 Å². The smallest absolute Gasteiger partial charge is 0.258 e. The zero-order valence-corrected chi connectivity index (χ0v) is 10.8. The highest BCUT2D eigenvalue weighted by Crippen LogP contribution is 2.44. The first-order chi connectivity index (χ1) is 6.86. The second-order valence-corrected chi connectivity index (χ2v) is 5.85. The Hall–Kier alpha value is 0.130. The molecule has 0 saturated carbocycles. The maximum atomic E-state index is 10.5. The maximum absolute atomic E-state index is 10.5. The molecule has 15 heavy (non-hydrogen) atoms. The largest absolute Gasteiger partial charge is 0.269 e. The van der Waals surface area contributed by atoms with Gasteiger partial charge < -0.3 is 0 Å². The lowest BCUT2D eigenvalue weighted by Crippen LogP contribution is -2.03. The van der Waals surface area contributed by atoms with Crippen molar-refractivity contribution >= 4 is 62.1 Å². The predicted molar refractivity (Wildman–Crippen MR) is 64.0 cm³/mol. The van der Waals surface area contributed by atoms with E-state index >= 15 is 0 Å². The molecule has 0 aliphatic carbocycles. The topological polar surface area (TPSA) is 43.1 Å². The molecule has 0 spiro atoms. The first kappa shape index (κ1) is 13.2. The number of hydrogen-bond donors (Lipinski definition) is 0. The van der Waals surface area contributed by atoms with Crippen LogP contribution in [-0.4, -0.2) is 4.92 Å². The summed E-state index contributed by atoms with van der Waals surface area (Å²) in [6.07, 6.45) is 0. The Balaban J connectivity index is 3.32. The molecule has 0 unspecified atom stereocenters. The third-order valence-electron chi connectivity index (χ3n) is 1.56. The molecule has 1 aromatic rings. The zero-order chi connectivity index (χ0) is 11.6. The number of hydrogen-bond acceptors (Lipinski definition) is 3. The van der Waals surface area contributed by atoms with Gasteiger partial charge in [-0.25, -0.2) is 0 Å². The summed E-state index contributed by atoms with van der Waals surface area (Å²) in [4.78, 5) is 10.4. The monoisotopic (exact) mass is 305 g/mol. The van der Waals surface area contributed by atoms with E-state index in [0.29, 0.717) is 4.90 Å². The third-order valence-corrected chi connectivity index (χ3v) is 3.19. The third kappa shape index (κ3) is 3.29. The molecule has 0 amide bonds. The van der Waals surface area contributed by atoms with E-state index in [0.717, 1.165) is 11.0 Å². The molecule has 8 heteroatoms. The van der Waals surface area contributed by atoms with E-state index in [1.807, 2.05) is 0 Å². The molecule has 3 nitrogen and oxygen atoms in total. The Bertz CT molecular complexity index is 393. The van der Waals surface area contributed by atoms with Crippen LogP contribution in [0.2, 0.25) is 0 Å². The lowest BCUT2D eigenvalue weighted by molar-refractivity contribution is -0.385. The Morgan fingerprint density at radius 1 is 1.33 bits per heavy atom. The van der Waals surface area contributed by atoms with Crippen molar-refractivity contribution in [1.29, 1.82) is 0 Å². The first-order valence-corrected chi connectivity index (χ1v) is 6.28. The summed E-state index contributed by atoms with van der Waals surface area (Å²) < 4.78 is -1.73. The van der Waals surface area contributed by atoms with E-state index in [9.17, 15) is 10.1 Å². The minimum Gasteiger partial charge on any atom is -0.258 e. The Morgan fingerprint density at radius 2 is 1.93 bits per heavy atom. The van der Waals surface area contributed by atoms with Crippen molar-refractivity contribution in [3.05, 3.63) is 33.9 Å². The van der Waals surface area contributed by atoms with Crippen molar-refractivity contribution < 1.29 is 4.92 Å². The van der Waals surface area contributed by atoms with Gasteiger partial charge in [0.25, 0.3) is 5.69 Å². The highest BCUT2D eigenvalue weighted by atomic mass is 35.7. The van der Waals surface area contributed by atoms with E-state index in [4.69, 9.17) is 45.5 Å². The number of halogens is 4. The zero-order valence-electron chi connectivity index (χ0n) is 6.92. The van der Waals surface area contributed by atoms with Gasteiger partial charge in [-0.3, -0.25) is 10.1 Å². The number of non-ortho nitro benzene ring substituents is 1. The molecule has 0 atom stereocenters. The van der Waals surface area contributed by atoms with E-state index in [1.54, 1.807) is 0 Å². The molecule has 0 radical (unpaired) electrons. The molecule has 0 saturated heterocycles. The SMILES string of the molecule is O=[N+]([O-])c1ccc(SCl)c(C(Cl)(Cl)Cl)c1. The Kier molecular flexibility index (Phi) is 4.38. The van der Waals surface area contributed by atoms with Crippen LogP contribution in [0.1, 0.15) is 5.56 Å². The molecule has 0 N–H and O–H groups in total. The second kappa shape index (κ2) is 4.97. The van der Waals surface area contributed by atoms with Gasteiger partial charge in [-0.15, -0.1) is 0 Å². The summed E-state index contributed by atoms with van der Waals surface area (Å²) in [7, 11) is 6.38. The number of nitrogens with zero attached hydrogens (tertiary/aromatic N) is 1. The van der Waals surface area contributed by atoms with E-state index < -0.39 is 8.72 Å². The normalized spacial score (nSPS) is 11.5. The van der Waals surface area contributed by atoms with Gasteiger partial charge in [0.05, 0.1) is 4.92 Å². The summed E-state index contributed by atoms with van der Waals surface area (Å²) >= 11 is 17.0. The van der Waals surface area contributed by atoms with Gasteiger partial charge in [0.15, 0.2) is 0 Å². The minimum atomic E-state index is -1.73. The summed E-state index contributed by atoms with van der Waals surface area (Å²) in [5.41, 5.74) is 0.0486. The standard InChI is InChI=1S/C7H3Cl4NO2S/c8-7(9,10)5-3-4(12(13)14)1-2-6(5)15-11/h1-3H. The predicted octanol–water partition coefficient (Wildman–Crippen LogP) is 4.67. The van der Waals surface area contributed by atoms with Gasteiger partial charge in [-0.2, -0.15) is 0 Å². The molecular weight excluding hydrogens is 304 g/mol. The number of nitro groups is 1. The summed E-state index contributed by atoms with van der Waals surface area (Å²) in [5, 5.41) is 10.5. The lowest BCUT2D eigenvalue weighted by atomic mass is 10.2. The van der Waals surface area contributed by atoms with Crippen LogP contribution in [0.15, 0.2) is 23.1 Å². The Morgan fingerprint density at radius 3 is 2.33 bits per heavy atom. The van der Waals surface area contributed by atoms with Crippen LogP contribution in [0.5, 0.6) is 0 Å². The van der Waals surface area contributed by atoms with Gasteiger partial charge in [-0.1, -0.05) is 34.8 Å². The highest BCUT2D eigenvalue weighted by molar-refractivity contribution is 8.21. The fourth-order valence-electron chi connectivity index (χ4n) is 0.920. The van der Waals surface area contributed by atoms with Crippen LogP contribution in [-0.2, 0) is 3.79 Å². The van der Waals surface area contributed by atoms with Gasteiger partial charge >= 0.3 is 0 Å². The van der Waals surface area contributed by atoms with Crippen LogP contribution in [0, 0.1) is 10.1 Å². The van der Waals surface area contributed by atoms with Crippen molar-refractivity contribution in [2.75, 3.05) is 0 Å². The molecule has 1 rings (SSSR count). The fraction of sp³-hybridized carbons (Fsp3) is 0.143. The molecule has 0 aliphatic rings. The van der Waals surface area contributed by atoms with Gasteiger partial charge in [0, 0.05) is 22.6 Å². The molecular formula is C7H3Cl4NO2S. The quantitative estimate of drug-likeness (QED) is 0.453. The van der Waals surface area contributed by atoms with Gasteiger partial charge in [0.2, 0.25) is 3.79 Å². The van der Waals surface area contributed by atoms with Crippen LogP contribution < -0.4 is 0 Å². The van der Waals surface area contributed by atoms with Crippen molar-refractivity contribution in [3.63, 3.8) is 0 Å². The van der Waals surface area contributed by atoms with Gasteiger partial charge in [-0.05, 0) is 27.7 Å². The van der Waals surface area contributed by atoms with Crippen molar-refractivity contribution in [2.45, 2.75) is 8.69 Å². The van der Waals surface area contributed by atoms with Crippen molar-refractivity contribution in [2.24, 2.45) is 0 Å². The average Bonchev–Trinajstić information content (AvgIpc) is 2.15. The molecule has 0 aromatic heterocycles. The molecule has 0 bridgehead atoms. The number of rotatable bonds is 2. The second-order valence-electron chi connectivity index (χ2n) is 2.51. The van der Waals surface area contributed by atoms with E-state index in [-0.39, 0.29) is 11.3 Å². The molecule has 0 aliphatic heterocycles. The van der Waals surface area contributed by atoms with Crippen molar-refractivity contribution in [3.8, 4) is 0 Å². The molecule has 82 valence electrons.